The highest BCUT2D eigenvalue weighted by atomic mass is 31.2. The zero-order valence-electron chi connectivity index (χ0n) is 55.5. The van der Waals surface area contributed by atoms with Crippen LogP contribution in [0.25, 0.3) is 0 Å². The minimum absolute atomic E-state index is 0.0532. The van der Waals surface area contributed by atoms with E-state index in [1.165, 1.54) is 103 Å². The Morgan fingerprint density at radius 3 is 1.37 bits per heavy atom. The first kappa shape index (κ1) is 82.2. The third-order valence-corrected chi connectivity index (χ3v) is 17.8. The number of rotatable bonds is 60. The summed E-state index contributed by atoms with van der Waals surface area (Å²) in [6, 6.07) is -1.24. The van der Waals surface area contributed by atoms with Crippen LogP contribution in [0.4, 0.5) is 0 Å². The fourth-order valence-electron chi connectivity index (χ4n) is 11.7. The molecule has 0 bridgehead atoms. The Morgan fingerprint density at radius 1 is 0.460 bits per heavy atom. The lowest BCUT2D eigenvalue weighted by Crippen LogP contribution is -2.67. The molecule has 2 fully saturated rings. The van der Waals surface area contributed by atoms with Crippen molar-refractivity contribution in [2.75, 3.05) is 47.3 Å². The van der Waals surface area contributed by atoms with E-state index in [-0.39, 0.29) is 44.9 Å². The number of amides is 1. The van der Waals surface area contributed by atoms with Crippen molar-refractivity contribution in [3.8, 4) is 0 Å². The van der Waals surface area contributed by atoms with Crippen LogP contribution in [0.5, 0.6) is 0 Å². The highest BCUT2D eigenvalue weighted by Crippen LogP contribution is 2.44. The highest BCUT2D eigenvalue weighted by molar-refractivity contribution is 7.46. The van der Waals surface area contributed by atoms with E-state index in [2.05, 4.69) is 45.2 Å². The Hall–Kier alpha value is -0.930. The zero-order valence-corrected chi connectivity index (χ0v) is 57.3. The molecule has 2 rings (SSSR count). The van der Waals surface area contributed by atoms with Gasteiger partial charge >= 0.3 is 15.6 Å². The summed E-state index contributed by atoms with van der Waals surface area (Å²) in [4.78, 5) is 55.3. The number of unbranched alkanes of at least 4 members (excludes halogenated alkanes) is 33. The SMILES string of the molecule is CCCCCC/C=C\CCCCCCCCCC(=O)N[C@H]1[C@H](OC[C@H]2O[C@H](OP(=O)(O)O)[C@H](OCCCCCCCCCCCCCC)[C@@H](OCCCCCCCCCC)[C@@H]2O)O[C@H](COC)[C@@H](OP(=O)(O)O)[C@@H]1OCC[C@@H](CCCCCCC)OC. The minimum Gasteiger partial charge on any atom is -0.387 e. The van der Waals surface area contributed by atoms with E-state index in [1.54, 1.807) is 7.11 Å². The number of phosphoric acid groups is 2. The number of aliphatic hydroxyl groups excluding tert-OH is 1. The van der Waals surface area contributed by atoms with Gasteiger partial charge in [0.25, 0.3) is 0 Å². The van der Waals surface area contributed by atoms with Crippen LogP contribution in [0.2, 0.25) is 0 Å². The maximum atomic E-state index is 14.1. The van der Waals surface area contributed by atoms with E-state index in [0.717, 1.165) is 135 Å². The van der Waals surface area contributed by atoms with Crippen LogP contribution in [-0.2, 0) is 60.9 Å². The molecule has 2 saturated heterocycles. The average molecular weight is 1290 g/mol. The van der Waals surface area contributed by atoms with Crippen LogP contribution in [-0.4, -0.2) is 145 Å². The number of allylic oxidation sites excluding steroid dienone is 2. The van der Waals surface area contributed by atoms with Crippen LogP contribution in [0.1, 0.15) is 291 Å². The smallest absolute Gasteiger partial charge is 0.387 e. The molecule has 0 radical (unpaired) electrons. The molecule has 21 heteroatoms. The number of carbonyl (C=O) groups excluding carboxylic acids is 1. The monoisotopic (exact) mass is 1290 g/mol. The lowest BCUT2D eigenvalue weighted by molar-refractivity contribution is -0.319. The van der Waals surface area contributed by atoms with Crippen molar-refractivity contribution >= 4 is 21.6 Å². The van der Waals surface area contributed by atoms with E-state index in [1.807, 2.05) is 0 Å². The summed E-state index contributed by atoms with van der Waals surface area (Å²) in [5.74, 6) is -0.374. The number of hydrogen-bond donors (Lipinski definition) is 6. The second kappa shape index (κ2) is 53.4. The number of carbonyl (C=O) groups is 1. The van der Waals surface area contributed by atoms with Crippen LogP contribution < -0.4 is 5.32 Å². The van der Waals surface area contributed by atoms with Gasteiger partial charge in [-0.3, -0.25) is 13.8 Å². The molecule has 87 heavy (non-hydrogen) atoms. The van der Waals surface area contributed by atoms with Gasteiger partial charge in [0, 0.05) is 40.5 Å². The lowest BCUT2D eigenvalue weighted by atomic mass is 9.95. The Kier molecular flexibility index (Phi) is 50.5. The second-order valence-corrected chi connectivity index (χ2v) is 27.1. The van der Waals surface area contributed by atoms with Gasteiger partial charge in [-0.05, 0) is 57.8 Å². The summed E-state index contributed by atoms with van der Waals surface area (Å²) in [5.41, 5.74) is 0. The van der Waals surface area contributed by atoms with Gasteiger partial charge in [0.1, 0.15) is 48.8 Å². The van der Waals surface area contributed by atoms with Crippen molar-refractivity contribution in [2.45, 2.75) is 358 Å². The van der Waals surface area contributed by atoms with Crippen molar-refractivity contribution in [2.24, 2.45) is 0 Å². The molecule has 0 unspecified atom stereocenters. The summed E-state index contributed by atoms with van der Waals surface area (Å²) in [5, 5.41) is 15.3. The molecule has 6 N–H and O–H groups in total. The van der Waals surface area contributed by atoms with E-state index in [4.69, 9.17) is 46.9 Å². The van der Waals surface area contributed by atoms with Gasteiger partial charge < -0.3 is 67.9 Å². The minimum atomic E-state index is -5.22. The molecule has 2 aliphatic heterocycles. The van der Waals surface area contributed by atoms with Crippen LogP contribution in [0.3, 0.4) is 0 Å². The first-order valence-electron chi connectivity index (χ1n) is 35.0. The van der Waals surface area contributed by atoms with Gasteiger partial charge in [-0.1, -0.05) is 239 Å². The number of aliphatic hydroxyl groups is 1. The van der Waals surface area contributed by atoms with Crippen molar-refractivity contribution in [3.05, 3.63) is 12.2 Å². The molecule has 0 saturated carbocycles. The quantitative estimate of drug-likeness (QED) is 0.0188. The summed E-state index contributed by atoms with van der Waals surface area (Å²) in [6.07, 6.45) is 35.2. The predicted octanol–water partition coefficient (Wildman–Crippen LogP) is 15.3. The molecule has 11 atom stereocenters. The Bertz CT molecular complexity index is 1730. The van der Waals surface area contributed by atoms with Gasteiger partial charge in [-0.15, -0.1) is 0 Å². The molecule has 0 aromatic heterocycles. The third kappa shape index (κ3) is 41.4. The largest absolute Gasteiger partial charge is 0.472 e. The summed E-state index contributed by atoms with van der Waals surface area (Å²) < 4.78 is 86.1. The van der Waals surface area contributed by atoms with Crippen molar-refractivity contribution < 1.29 is 85.5 Å². The van der Waals surface area contributed by atoms with Gasteiger partial charge in [0.15, 0.2) is 12.6 Å². The normalized spacial score (nSPS) is 23.3. The molecule has 0 aliphatic carbocycles. The second-order valence-electron chi connectivity index (χ2n) is 24.7. The molecule has 19 nitrogen and oxygen atoms in total. The van der Waals surface area contributed by atoms with Crippen molar-refractivity contribution in [1.82, 2.24) is 5.32 Å². The zero-order chi connectivity index (χ0) is 63.6. The van der Waals surface area contributed by atoms with E-state index >= 15 is 0 Å². The Balaban J connectivity index is 2.39. The summed E-state index contributed by atoms with van der Waals surface area (Å²) in [7, 11) is -7.41. The van der Waals surface area contributed by atoms with E-state index < -0.39 is 83.6 Å². The average Bonchev–Trinajstić information content (AvgIpc) is 1.46. The topological polar surface area (TPSA) is 257 Å². The van der Waals surface area contributed by atoms with Gasteiger partial charge in [-0.2, -0.15) is 0 Å². The number of ether oxygens (including phenoxy) is 8. The molecule has 2 aliphatic rings. The van der Waals surface area contributed by atoms with Crippen molar-refractivity contribution in [1.29, 1.82) is 0 Å². The molecule has 0 aromatic rings. The fourth-order valence-corrected chi connectivity index (χ4v) is 12.7. The molecule has 1 amide bonds. The van der Waals surface area contributed by atoms with E-state index in [0.29, 0.717) is 25.7 Å². The fraction of sp³-hybridized carbons (Fsp3) is 0.955. The highest BCUT2D eigenvalue weighted by Gasteiger charge is 2.53. The maximum absolute atomic E-state index is 14.1. The molecular formula is C66H129NO18P2. The molecule has 0 aromatic carbocycles. The number of hydrogen-bond acceptors (Lipinski definition) is 14. The third-order valence-electron chi connectivity index (χ3n) is 16.8. The van der Waals surface area contributed by atoms with E-state index in [9.17, 15) is 38.6 Å². The first-order chi connectivity index (χ1) is 42.1. The maximum Gasteiger partial charge on any atom is 0.472 e. The molecule has 516 valence electrons. The number of methoxy groups -OCH3 is 2. The molecular weight excluding hydrogens is 1160 g/mol. The van der Waals surface area contributed by atoms with Gasteiger partial charge in [0.2, 0.25) is 5.91 Å². The van der Waals surface area contributed by atoms with Crippen molar-refractivity contribution in [3.63, 3.8) is 0 Å². The molecule has 2 heterocycles. The Labute approximate surface area is 528 Å². The van der Waals surface area contributed by atoms with Gasteiger partial charge in [0.05, 0.1) is 19.3 Å². The lowest BCUT2D eigenvalue weighted by Gasteiger charge is -2.47. The van der Waals surface area contributed by atoms with Crippen LogP contribution >= 0.6 is 15.6 Å². The number of nitrogens with one attached hydrogen (secondary N) is 1. The predicted molar refractivity (Wildman–Crippen MR) is 344 cm³/mol. The number of phosphoric ester groups is 2. The summed E-state index contributed by atoms with van der Waals surface area (Å²) in [6.45, 7) is 8.58. The van der Waals surface area contributed by atoms with Gasteiger partial charge in [-0.25, -0.2) is 9.13 Å². The first-order valence-corrected chi connectivity index (χ1v) is 38.1. The van der Waals surface area contributed by atoms with Crippen LogP contribution in [0.15, 0.2) is 12.2 Å². The standard InChI is InChI=1S/C66H129NO18P2/c1-7-11-15-19-22-25-27-29-30-31-32-34-36-40-44-48-58(68)67-59-62(80-52-49-55(77-6)47-43-39-18-14-10-4)61(84-86(70,71)72)57(53-76-5)83-65(59)81-54-56-60(69)63(78-50-45-41-37-24-21-17-13-9-3)64(66(82-56)85-87(73,74)75)79-51-46-42-38-35-33-28-26-23-20-16-12-8-2/h25,27,55-57,59-66,69H,7-24,26,28-54H2,1-6H3,(H,67,68)(H2,70,71,72)(H2,73,74,75)/b27-25-/t55-,56-,57-,59-,60-,61-,62-,63+,64-,65-,66-/m1/s1. The Morgan fingerprint density at radius 2 is 0.885 bits per heavy atom. The summed E-state index contributed by atoms with van der Waals surface area (Å²) >= 11 is 0. The van der Waals surface area contributed by atoms with Crippen LogP contribution in [0, 0.1) is 0 Å². The molecule has 0 spiro atoms.